The third kappa shape index (κ3) is 4.98. The number of methoxy groups -OCH3 is 1. The number of carbonyl (C=O) groups excluding carboxylic acids is 1. The van der Waals surface area contributed by atoms with E-state index in [0.717, 1.165) is 17.1 Å². The van der Waals surface area contributed by atoms with Crippen molar-refractivity contribution in [3.05, 3.63) is 66.2 Å². The average Bonchev–Trinajstić information content (AvgIpc) is 2.58. The molecule has 0 unspecified atom stereocenters. The van der Waals surface area contributed by atoms with Gasteiger partial charge in [-0.2, -0.15) is 0 Å². The topological polar surface area (TPSA) is 47.6 Å². The molecule has 0 aliphatic heterocycles. The third-order valence-corrected chi connectivity index (χ3v) is 2.97. The Bertz CT molecular complexity index is 623. The number of hydrogen-bond acceptors (Lipinski definition) is 3. The van der Waals surface area contributed by atoms with Gasteiger partial charge in [-0.05, 0) is 24.3 Å². The molecule has 0 aliphatic rings. The van der Waals surface area contributed by atoms with Gasteiger partial charge in [0.05, 0.1) is 13.7 Å². The molecular formula is C18H19NO3. The quantitative estimate of drug-likeness (QED) is 0.631. The molecule has 0 heterocycles. The van der Waals surface area contributed by atoms with Crippen LogP contribution in [-0.2, 0) is 4.79 Å². The summed E-state index contributed by atoms with van der Waals surface area (Å²) in [6, 6.07) is 17.0. The normalized spacial score (nSPS) is 10.4. The zero-order valence-electron chi connectivity index (χ0n) is 12.5. The predicted octanol–water partition coefficient (Wildman–Crippen LogP) is 2.90. The van der Waals surface area contributed by atoms with Crippen LogP contribution in [0.2, 0.25) is 0 Å². The van der Waals surface area contributed by atoms with E-state index in [1.807, 2.05) is 54.6 Å². The Morgan fingerprint density at radius 3 is 2.59 bits per heavy atom. The molecule has 22 heavy (non-hydrogen) atoms. The molecule has 2 aromatic carbocycles. The Hall–Kier alpha value is -2.75. The van der Waals surface area contributed by atoms with E-state index in [4.69, 9.17) is 9.47 Å². The minimum atomic E-state index is -0.164. The number of benzene rings is 2. The number of nitrogens with one attached hydrogen (secondary N) is 1. The van der Waals surface area contributed by atoms with Crippen molar-refractivity contribution in [2.45, 2.75) is 0 Å². The molecule has 4 nitrogen and oxygen atoms in total. The minimum absolute atomic E-state index is 0.164. The van der Waals surface area contributed by atoms with Gasteiger partial charge in [0.25, 0.3) is 0 Å². The Morgan fingerprint density at radius 1 is 1.09 bits per heavy atom. The Kier molecular flexibility index (Phi) is 6.05. The summed E-state index contributed by atoms with van der Waals surface area (Å²) in [6.07, 6.45) is 3.21. The van der Waals surface area contributed by atoms with E-state index in [-0.39, 0.29) is 5.91 Å². The van der Waals surface area contributed by atoms with Crippen LogP contribution in [-0.4, -0.2) is 26.2 Å². The lowest BCUT2D eigenvalue weighted by molar-refractivity contribution is -0.116. The second kappa shape index (κ2) is 8.52. The molecule has 2 rings (SSSR count). The van der Waals surface area contributed by atoms with Crippen molar-refractivity contribution in [2.24, 2.45) is 0 Å². The van der Waals surface area contributed by atoms with Crippen molar-refractivity contribution >= 4 is 12.0 Å². The molecule has 0 saturated heterocycles. The van der Waals surface area contributed by atoms with E-state index in [9.17, 15) is 4.79 Å². The van der Waals surface area contributed by atoms with Gasteiger partial charge < -0.3 is 14.8 Å². The fraction of sp³-hybridized carbons (Fsp3) is 0.167. The maximum atomic E-state index is 11.7. The van der Waals surface area contributed by atoms with Crippen LogP contribution in [0.1, 0.15) is 5.56 Å². The molecule has 0 spiro atoms. The van der Waals surface area contributed by atoms with E-state index >= 15 is 0 Å². The van der Waals surface area contributed by atoms with Crippen molar-refractivity contribution in [1.82, 2.24) is 5.32 Å². The van der Waals surface area contributed by atoms with Crippen LogP contribution >= 0.6 is 0 Å². The van der Waals surface area contributed by atoms with Crippen LogP contribution in [0.15, 0.2) is 60.7 Å². The second-order valence-corrected chi connectivity index (χ2v) is 4.53. The highest BCUT2D eigenvalue weighted by Crippen LogP contribution is 2.18. The molecule has 0 aromatic heterocycles. The summed E-state index contributed by atoms with van der Waals surface area (Å²) < 4.78 is 10.7. The van der Waals surface area contributed by atoms with Gasteiger partial charge in [0.1, 0.15) is 18.1 Å². The summed E-state index contributed by atoms with van der Waals surface area (Å²) in [5.41, 5.74) is 0.862. The molecule has 0 fully saturated rings. The fourth-order valence-corrected chi connectivity index (χ4v) is 1.89. The fourth-order valence-electron chi connectivity index (χ4n) is 1.89. The van der Waals surface area contributed by atoms with Crippen molar-refractivity contribution in [3.63, 3.8) is 0 Å². The molecule has 1 amide bonds. The van der Waals surface area contributed by atoms with Crippen LogP contribution in [0, 0.1) is 0 Å². The monoisotopic (exact) mass is 297 g/mol. The number of rotatable bonds is 7. The summed E-state index contributed by atoms with van der Waals surface area (Å²) in [5.74, 6) is 1.36. The van der Waals surface area contributed by atoms with Crippen molar-refractivity contribution in [3.8, 4) is 11.5 Å². The first-order valence-electron chi connectivity index (χ1n) is 7.06. The van der Waals surface area contributed by atoms with Gasteiger partial charge >= 0.3 is 0 Å². The van der Waals surface area contributed by atoms with Gasteiger partial charge in [0.2, 0.25) is 5.91 Å². The average molecular weight is 297 g/mol. The van der Waals surface area contributed by atoms with Crippen molar-refractivity contribution in [1.29, 1.82) is 0 Å². The van der Waals surface area contributed by atoms with E-state index < -0.39 is 0 Å². The summed E-state index contributed by atoms with van der Waals surface area (Å²) in [4.78, 5) is 11.7. The van der Waals surface area contributed by atoms with Crippen molar-refractivity contribution < 1.29 is 14.3 Å². The van der Waals surface area contributed by atoms with Crippen molar-refractivity contribution in [2.75, 3.05) is 20.3 Å². The molecule has 2 aromatic rings. The molecule has 114 valence electrons. The third-order valence-electron chi connectivity index (χ3n) is 2.97. The standard InChI is InChI=1S/C18H19NO3/c1-21-17-10-6-5-7-15(17)11-12-18(20)19-13-14-22-16-8-3-2-4-9-16/h2-12H,13-14H2,1H3,(H,19,20)/b12-11+. The highest BCUT2D eigenvalue weighted by molar-refractivity contribution is 5.92. The smallest absolute Gasteiger partial charge is 0.244 e. The lowest BCUT2D eigenvalue weighted by atomic mass is 10.2. The first-order valence-corrected chi connectivity index (χ1v) is 7.06. The van der Waals surface area contributed by atoms with Crippen LogP contribution in [0.5, 0.6) is 11.5 Å². The van der Waals surface area contributed by atoms with Crippen LogP contribution in [0.3, 0.4) is 0 Å². The molecule has 0 radical (unpaired) electrons. The largest absolute Gasteiger partial charge is 0.496 e. The Labute approximate surface area is 130 Å². The van der Waals surface area contributed by atoms with Crippen LogP contribution in [0.25, 0.3) is 6.08 Å². The molecule has 4 heteroatoms. The SMILES string of the molecule is COc1ccccc1/C=C/C(=O)NCCOc1ccccc1. The first kappa shape index (κ1) is 15.6. The summed E-state index contributed by atoms with van der Waals surface area (Å²) in [5, 5.41) is 2.77. The number of para-hydroxylation sites is 2. The molecular weight excluding hydrogens is 278 g/mol. The van der Waals surface area contributed by atoms with E-state index in [1.165, 1.54) is 6.08 Å². The van der Waals surface area contributed by atoms with E-state index in [2.05, 4.69) is 5.32 Å². The molecule has 0 atom stereocenters. The highest BCUT2D eigenvalue weighted by atomic mass is 16.5. The molecule has 0 bridgehead atoms. The van der Waals surface area contributed by atoms with Gasteiger partial charge in [-0.3, -0.25) is 4.79 Å². The first-order chi connectivity index (χ1) is 10.8. The maximum Gasteiger partial charge on any atom is 0.244 e. The van der Waals surface area contributed by atoms with E-state index in [0.29, 0.717) is 13.2 Å². The lowest BCUT2D eigenvalue weighted by Gasteiger charge is -2.06. The molecule has 1 N–H and O–H groups in total. The summed E-state index contributed by atoms with van der Waals surface area (Å²) in [6.45, 7) is 0.877. The Balaban J connectivity index is 1.75. The Morgan fingerprint density at radius 2 is 1.82 bits per heavy atom. The zero-order valence-corrected chi connectivity index (χ0v) is 12.5. The van der Waals surface area contributed by atoms with Gasteiger partial charge in [0, 0.05) is 11.6 Å². The summed E-state index contributed by atoms with van der Waals surface area (Å²) >= 11 is 0. The molecule has 0 aliphatic carbocycles. The maximum absolute atomic E-state index is 11.7. The van der Waals surface area contributed by atoms with E-state index in [1.54, 1.807) is 13.2 Å². The zero-order chi connectivity index (χ0) is 15.6. The summed E-state index contributed by atoms with van der Waals surface area (Å²) in [7, 11) is 1.60. The lowest BCUT2D eigenvalue weighted by Crippen LogP contribution is -2.26. The number of carbonyl (C=O) groups is 1. The van der Waals surface area contributed by atoms with Crippen LogP contribution in [0.4, 0.5) is 0 Å². The molecule has 0 saturated carbocycles. The minimum Gasteiger partial charge on any atom is -0.496 e. The number of ether oxygens (including phenoxy) is 2. The number of amides is 1. The van der Waals surface area contributed by atoms with Gasteiger partial charge in [-0.25, -0.2) is 0 Å². The second-order valence-electron chi connectivity index (χ2n) is 4.53. The van der Waals surface area contributed by atoms with Gasteiger partial charge in [-0.1, -0.05) is 36.4 Å². The van der Waals surface area contributed by atoms with Gasteiger partial charge in [-0.15, -0.1) is 0 Å². The van der Waals surface area contributed by atoms with Gasteiger partial charge in [0.15, 0.2) is 0 Å². The van der Waals surface area contributed by atoms with Crippen LogP contribution < -0.4 is 14.8 Å². The number of hydrogen-bond donors (Lipinski definition) is 1. The highest BCUT2D eigenvalue weighted by Gasteiger charge is 1.99. The predicted molar refractivity (Wildman–Crippen MR) is 87.0 cm³/mol.